The molecule has 2 rings (SSSR count). The molecule has 0 spiro atoms. The van der Waals surface area contributed by atoms with Crippen molar-refractivity contribution in [2.24, 2.45) is 0 Å². The van der Waals surface area contributed by atoms with Gasteiger partial charge in [-0.15, -0.1) is 0 Å². The van der Waals surface area contributed by atoms with Gasteiger partial charge in [0, 0.05) is 12.1 Å². The Bertz CT molecular complexity index is 879. The third-order valence-electron chi connectivity index (χ3n) is 3.10. The van der Waals surface area contributed by atoms with E-state index in [1.165, 1.54) is 10.9 Å². The third kappa shape index (κ3) is 4.80. The van der Waals surface area contributed by atoms with E-state index >= 15 is 0 Å². The highest BCUT2D eigenvalue weighted by Gasteiger charge is 2.22. The van der Waals surface area contributed by atoms with E-state index in [0.717, 1.165) is 6.26 Å². The molecular formula is C15H19ClN4O3S. The Morgan fingerprint density at radius 2 is 1.88 bits per heavy atom. The molecular weight excluding hydrogens is 352 g/mol. The second kappa shape index (κ2) is 6.92. The zero-order valence-corrected chi connectivity index (χ0v) is 15.1. The third-order valence-corrected chi connectivity index (χ3v) is 4.39. The summed E-state index contributed by atoms with van der Waals surface area (Å²) in [6.07, 6.45) is 2.53. The summed E-state index contributed by atoms with van der Waals surface area (Å²) < 4.78 is 26.4. The summed E-state index contributed by atoms with van der Waals surface area (Å²) in [6, 6.07) is 8.92. The second-order valence-corrected chi connectivity index (χ2v) is 8.16. The topological polar surface area (TPSA) is 93.1 Å². The van der Waals surface area contributed by atoms with Gasteiger partial charge in [-0.25, -0.2) is 13.1 Å². The van der Waals surface area contributed by atoms with Crippen LogP contribution in [0.15, 0.2) is 41.3 Å². The summed E-state index contributed by atoms with van der Waals surface area (Å²) in [5.74, 6) is 0. The summed E-state index contributed by atoms with van der Waals surface area (Å²) in [5.41, 5.74) is -0.264. The SMILES string of the molecule is CC(C)(CNc1cnn(-c2ccccc2)c(=O)c1Cl)NS(C)(=O)=O. The number of benzene rings is 1. The molecule has 0 aliphatic carbocycles. The fraction of sp³-hybridized carbons (Fsp3) is 0.333. The highest BCUT2D eigenvalue weighted by atomic mass is 35.5. The predicted molar refractivity (Wildman–Crippen MR) is 95.4 cm³/mol. The maximum absolute atomic E-state index is 12.4. The monoisotopic (exact) mass is 370 g/mol. The van der Waals surface area contributed by atoms with Gasteiger partial charge < -0.3 is 5.32 Å². The molecule has 0 aliphatic heterocycles. The quantitative estimate of drug-likeness (QED) is 0.806. The van der Waals surface area contributed by atoms with Gasteiger partial charge in [0.05, 0.1) is 23.8 Å². The van der Waals surface area contributed by atoms with Gasteiger partial charge in [-0.1, -0.05) is 29.8 Å². The minimum absolute atomic E-state index is 0.0102. The molecule has 0 saturated carbocycles. The van der Waals surface area contributed by atoms with Crippen LogP contribution in [0, 0.1) is 0 Å². The average molecular weight is 371 g/mol. The summed E-state index contributed by atoms with van der Waals surface area (Å²) in [6.45, 7) is 3.66. The Morgan fingerprint density at radius 3 is 2.46 bits per heavy atom. The predicted octanol–water partition coefficient (Wildman–Crippen LogP) is 1.63. The molecule has 9 heteroatoms. The van der Waals surface area contributed by atoms with Crippen LogP contribution >= 0.6 is 11.6 Å². The highest BCUT2D eigenvalue weighted by molar-refractivity contribution is 7.88. The summed E-state index contributed by atoms with van der Waals surface area (Å²) in [5, 5.41) is 7.05. The molecule has 0 aliphatic rings. The normalized spacial score (nSPS) is 12.2. The van der Waals surface area contributed by atoms with Crippen molar-refractivity contribution in [1.29, 1.82) is 0 Å². The average Bonchev–Trinajstić information content (AvgIpc) is 2.47. The fourth-order valence-electron chi connectivity index (χ4n) is 2.16. The molecule has 0 unspecified atom stereocenters. The minimum atomic E-state index is -3.35. The van der Waals surface area contributed by atoms with Crippen LogP contribution in [0.3, 0.4) is 0 Å². The van der Waals surface area contributed by atoms with Crippen LogP contribution in [0.5, 0.6) is 0 Å². The minimum Gasteiger partial charge on any atom is -0.381 e. The molecule has 0 fully saturated rings. The van der Waals surface area contributed by atoms with Crippen LogP contribution in [0.1, 0.15) is 13.8 Å². The van der Waals surface area contributed by atoms with E-state index in [1.807, 2.05) is 6.07 Å². The van der Waals surface area contributed by atoms with Crippen molar-refractivity contribution in [2.45, 2.75) is 19.4 Å². The van der Waals surface area contributed by atoms with Crippen LogP contribution in [-0.4, -0.2) is 36.5 Å². The molecule has 1 aromatic carbocycles. The van der Waals surface area contributed by atoms with Crippen LogP contribution < -0.4 is 15.6 Å². The van der Waals surface area contributed by atoms with E-state index in [1.54, 1.807) is 38.1 Å². The van der Waals surface area contributed by atoms with Crippen molar-refractivity contribution in [2.75, 3.05) is 18.1 Å². The van der Waals surface area contributed by atoms with Crippen LogP contribution in [0.25, 0.3) is 5.69 Å². The number of anilines is 1. The van der Waals surface area contributed by atoms with Crippen molar-refractivity contribution in [3.63, 3.8) is 0 Å². The summed E-state index contributed by atoms with van der Waals surface area (Å²) in [7, 11) is -3.35. The molecule has 2 aromatic rings. The van der Waals surface area contributed by atoms with Crippen molar-refractivity contribution >= 4 is 27.3 Å². The second-order valence-electron chi connectivity index (χ2n) is 6.04. The number of halogens is 1. The van der Waals surface area contributed by atoms with Gasteiger partial charge in [-0.05, 0) is 26.0 Å². The van der Waals surface area contributed by atoms with Gasteiger partial charge in [0.15, 0.2) is 0 Å². The van der Waals surface area contributed by atoms with Crippen molar-refractivity contribution in [1.82, 2.24) is 14.5 Å². The highest BCUT2D eigenvalue weighted by Crippen LogP contribution is 2.18. The molecule has 0 amide bonds. The van der Waals surface area contributed by atoms with E-state index in [-0.39, 0.29) is 11.6 Å². The van der Waals surface area contributed by atoms with E-state index in [2.05, 4.69) is 15.1 Å². The zero-order chi connectivity index (χ0) is 18.0. The van der Waals surface area contributed by atoms with Gasteiger partial charge in [-0.3, -0.25) is 4.79 Å². The number of hydrogen-bond donors (Lipinski definition) is 2. The molecule has 0 radical (unpaired) electrons. The Kier molecular flexibility index (Phi) is 5.32. The van der Waals surface area contributed by atoms with Crippen LogP contribution in [-0.2, 0) is 10.0 Å². The molecule has 24 heavy (non-hydrogen) atoms. The van der Waals surface area contributed by atoms with Gasteiger partial charge in [0.1, 0.15) is 5.02 Å². The summed E-state index contributed by atoms with van der Waals surface area (Å²) >= 11 is 6.14. The number of nitrogens with zero attached hydrogens (tertiary/aromatic N) is 2. The smallest absolute Gasteiger partial charge is 0.292 e. The lowest BCUT2D eigenvalue weighted by Gasteiger charge is -2.26. The maximum atomic E-state index is 12.4. The number of para-hydroxylation sites is 1. The van der Waals surface area contributed by atoms with Crippen LogP contribution in [0.4, 0.5) is 5.69 Å². The first-order chi connectivity index (χ1) is 11.1. The van der Waals surface area contributed by atoms with E-state index in [9.17, 15) is 13.2 Å². The molecule has 0 saturated heterocycles. The van der Waals surface area contributed by atoms with Crippen molar-refractivity contribution in [3.05, 3.63) is 51.9 Å². The van der Waals surface area contributed by atoms with Crippen molar-refractivity contribution < 1.29 is 8.42 Å². The van der Waals surface area contributed by atoms with Gasteiger partial charge in [0.25, 0.3) is 5.56 Å². The Balaban J connectivity index is 2.22. The van der Waals surface area contributed by atoms with Crippen LogP contribution in [0.2, 0.25) is 5.02 Å². The zero-order valence-electron chi connectivity index (χ0n) is 13.6. The van der Waals surface area contributed by atoms with Crippen molar-refractivity contribution in [3.8, 4) is 5.69 Å². The Morgan fingerprint density at radius 1 is 1.25 bits per heavy atom. The molecule has 1 heterocycles. The molecule has 7 nitrogen and oxygen atoms in total. The maximum Gasteiger partial charge on any atom is 0.292 e. The number of sulfonamides is 1. The first-order valence-electron chi connectivity index (χ1n) is 7.15. The first-order valence-corrected chi connectivity index (χ1v) is 9.42. The van der Waals surface area contributed by atoms with Gasteiger partial charge >= 0.3 is 0 Å². The largest absolute Gasteiger partial charge is 0.381 e. The first kappa shape index (κ1) is 18.4. The van der Waals surface area contributed by atoms with E-state index in [0.29, 0.717) is 11.4 Å². The lowest BCUT2D eigenvalue weighted by atomic mass is 10.1. The standard InChI is InChI=1S/C15H19ClN4O3S/c1-15(2,19-24(3,22)23)10-17-12-9-18-20(14(21)13(12)16)11-7-5-4-6-8-11/h4-9,17,19H,10H2,1-3H3. The van der Waals surface area contributed by atoms with E-state index in [4.69, 9.17) is 11.6 Å². The van der Waals surface area contributed by atoms with Gasteiger partial charge in [0.2, 0.25) is 10.0 Å². The number of rotatable bonds is 6. The molecule has 0 atom stereocenters. The number of nitrogens with one attached hydrogen (secondary N) is 2. The lowest BCUT2D eigenvalue weighted by molar-refractivity contribution is 0.476. The number of hydrogen-bond acceptors (Lipinski definition) is 5. The molecule has 130 valence electrons. The molecule has 1 aromatic heterocycles. The van der Waals surface area contributed by atoms with Gasteiger partial charge in [-0.2, -0.15) is 9.78 Å². The van der Waals surface area contributed by atoms with E-state index < -0.39 is 21.1 Å². The molecule has 0 bridgehead atoms. The lowest BCUT2D eigenvalue weighted by Crippen LogP contribution is -2.47. The Labute approximate surface area is 145 Å². The molecule has 2 N–H and O–H groups in total. The number of aromatic nitrogens is 2. The summed E-state index contributed by atoms with van der Waals surface area (Å²) in [4.78, 5) is 12.4. The fourth-order valence-corrected chi connectivity index (χ4v) is 3.43. The Hall–Kier alpha value is -1.90.